The van der Waals surface area contributed by atoms with E-state index >= 15 is 0 Å². The molecule has 1 N–H and O–H groups in total. The van der Waals surface area contributed by atoms with E-state index in [4.69, 9.17) is 0 Å². The van der Waals surface area contributed by atoms with Crippen molar-refractivity contribution in [2.24, 2.45) is 0 Å². The molecule has 1 saturated carbocycles. The largest absolute Gasteiger partial charge is 0.418 e. The summed E-state index contributed by atoms with van der Waals surface area (Å²) in [5, 5.41) is 11.6. The lowest BCUT2D eigenvalue weighted by molar-refractivity contribution is -0.137. The van der Waals surface area contributed by atoms with Crippen molar-refractivity contribution < 1.29 is 18.0 Å². The maximum atomic E-state index is 13.2. The normalized spacial score (nSPS) is 15.0. The van der Waals surface area contributed by atoms with E-state index in [2.05, 4.69) is 25.1 Å². The summed E-state index contributed by atoms with van der Waals surface area (Å²) in [5.41, 5.74) is -0.242. The zero-order chi connectivity index (χ0) is 22.6. The molecule has 0 aliphatic heterocycles. The number of anilines is 1. The van der Waals surface area contributed by atoms with Gasteiger partial charge in [-0.3, -0.25) is 14.3 Å². The molecule has 1 amide bonds. The Kier molecular flexibility index (Phi) is 6.78. The fourth-order valence-corrected chi connectivity index (χ4v) is 4.70. The summed E-state index contributed by atoms with van der Waals surface area (Å²) in [7, 11) is 0. The van der Waals surface area contributed by atoms with Crippen LogP contribution in [0, 0.1) is 0 Å². The lowest BCUT2D eigenvalue weighted by Gasteiger charge is -2.25. The molecule has 1 fully saturated rings. The topological polar surface area (TPSA) is 72.7 Å². The first kappa shape index (κ1) is 22.3. The van der Waals surface area contributed by atoms with Crippen LogP contribution in [-0.2, 0) is 11.0 Å². The number of pyridine rings is 1. The number of carbonyl (C=O) groups excluding carboxylic acids is 1. The molecule has 4 rings (SSSR count). The smallest absolute Gasteiger partial charge is 0.325 e. The van der Waals surface area contributed by atoms with Crippen LogP contribution in [0.5, 0.6) is 0 Å². The highest BCUT2D eigenvalue weighted by molar-refractivity contribution is 7.99. The van der Waals surface area contributed by atoms with Crippen molar-refractivity contribution >= 4 is 23.4 Å². The number of hydrogen-bond acceptors (Lipinski definition) is 5. The number of aromatic nitrogens is 4. The van der Waals surface area contributed by atoms with Crippen LogP contribution in [0.25, 0.3) is 11.4 Å². The number of nitrogens with one attached hydrogen (secondary N) is 1. The number of carbonyl (C=O) groups is 1. The quantitative estimate of drug-likeness (QED) is 0.484. The number of amides is 1. The summed E-state index contributed by atoms with van der Waals surface area (Å²) in [4.78, 5) is 16.5. The Morgan fingerprint density at radius 1 is 1.06 bits per heavy atom. The third-order valence-electron chi connectivity index (χ3n) is 5.38. The average Bonchev–Trinajstić information content (AvgIpc) is 3.22. The molecule has 32 heavy (non-hydrogen) atoms. The number of hydrogen-bond donors (Lipinski definition) is 1. The monoisotopic (exact) mass is 461 g/mol. The van der Waals surface area contributed by atoms with Crippen LogP contribution in [0.2, 0.25) is 0 Å². The van der Waals surface area contributed by atoms with E-state index in [-0.39, 0.29) is 17.5 Å². The Hall–Kier alpha value is -2.88. The van der Waals surface area contributed by atoms with Crippen LogP contribution in [0.3, 0.4) is 0 Å². The molecule has 0 radical (unpaired) electrons. The van der Waals surface area contributed by atoms with Crippen LogP contribution in [0.15, 0.2) is 53.9 Å². The molecule has 1 aromatic carbocycles. The number of thioether (sulfide) groups is 1. The molecule has 0 unspecified atom stereocenters. The third-order valence-corrected chi connectivity index (χ3v) is 6.32. The van der Waals surface area contributed by atoms with Crippen molar-refractivity contribution in [3.63, 3.8) is 0 Å². The number of para-hydroxylation sites is 1. The minimum atomic E-state index is -4.54. The Morgan fingerprint density at radius 3 is 2.50 bits per heavy atom. The van der Waals surface area contributed by atoms with Gasteiger partial charge in [-0.05, 0) is 37.1 Å². The van der Waals surface area contributed by atoms with E-state index in [9.17, 15) is 18.0 Å². The number of nitrogens with zero attached hydrogens (tertiary/aromatic N) is 4. The van der Waals surface area contributed by atoms with Crippen molar-refractivity contribution in [2.45, 2.75) is 49.5 Å². The maximum Gasteiger partial charge on any atom is 0.418 e. The highest BCUT2D eigenvalue weighted by Crippen LogP contribution is 2.36. The lowest BCUT2D eigenvalue weighted by atomic mass is 9.95. The highest BCUT2D eigenvalue weighted by Gasteiger charge is 2.33. The van der Waals surface area contributed by atoms with Crippen LogP contribution < -0.4 is 5.32 Å². The van der Waals surface area contributed by atoms with Crippen LogP contribution in [0.4, 0.5) is 18.9 Å². The summed E-state index contributed by atoms with van der Waals surface area (Å²) < 4.78 is 41.6. The first-order valence-electron chi connectivity index (χ1n) is 10.4. The van der Waals surface area contributed by atoms with Crippen LogP contribution >= 0.6 is 11.8 Å². The van der Waals surface area contributed by atoms with Gasteiger partial charge in [0.1, 0.15) is 0 Å². The molecule has 0 spiro atoms. The van der Waals surface area contributed by atoms with Crippen molar-refractivity contribution in [1.82, 2.24) is 19.7 Å². The number of benzene rings is 1. The minimum Gasteiger partial charge on any atom is -0.325 e. The molecule has 2 aromatic heterocycles. The Morgan fingerprint density at radius 2 is 1.78 bits per heavy atom. The first-order chi connectivity index (χ1) is 15.4. The van der Waals surface area contributed by atoms with Gasteiger partial charge in [0.2, 0.25) is 5.91 Å². The Bertz CT molecular complexity index is 1060. The molecular formula is C22H22F3N5OS. The van der Waals surface area contributed by atoms with Gasteiger partial charge in [0.25, 0.3) is 0 Å². The van der Waals surface area contributed by atoms with Gasteiger partial charge in [0, 0.05) is 24.0 Å². The van der Waals surface area contributed by atoms with Gasteiger partial charge in [0.05, 0.1) is 17.0 Å². The molecular weight excluding hydrogens is 439 g/mol. The minimum absolute atomic E-state index is 0.0760. The van der Waals surface area contributed by atoms with Gasteiger partial charge in [-0.2, -0.15) is 13.2 Å². The maximum absolute atomic E-state index is 13.2. The van der Waals surface area contributed by atoms with Crippen molar-refractivity contribution in [1.29, 1.82) is 0 Å². The van der Waals surface area contributed by atoms with E-state index in [0.717, 1.165) is 37.3 Å². The van der Waals surface area contributed by atoms with Crippen LogP contribution in [-0.4, -0.2) is 31.4 Å². The summed E-state index contributed by atoms with van der Waals surface area (Å²) in [5.74, 6) is 0.105. The Labute approximate surface area is 187 Å². The molecule has 168 valence electrons. The predicted molar refractivity (Wildman–Crippen MR) is 116 cm³/mol. The molecule has 3 aromatic rings. The lowest BCUT2D eigenvalue weighted by Crippen LogP contribution is -2.19. The van der Waals surface area contributed by atoms with Gasteiger partial charge >= 0.3 is 6.18 Å². The summed E-state index contributed by atoms with van der Waals surface area (Å²) in [6.45, 7) is 0. The zero-order valence-electron chi connectivity index (χ0n) is 17.2. The fourth-order valence-electron chi connectivity index (χ4n) is 3.90. The zero-order valence-corrected chi connectivity index (χ0v) is 18.0. The summed E-state index contributed by atoms with van der Waals surface area (Å²) in [6, 6.07) is 8.88. The molecule has 10 heteroatoms. The van der Waals surface area contributed by atoms with E-state index < -0.39 is 17.6 Å². The molecule has 0 saturated heterocycles. The van der Waals surface area contributed by atoms with E-state index in [1.807, 2.05) is 12.1 Å². The average molecular weight is 462 g/mol. The molecule has 0 atom stereocenters. The number of rotatable bonds is 6. The van der Waals surface area contributed by atoms with Crippen molar-refractivity contribution in [2.75, 3.05) is 11.1 Å². The second-order valence-electron chi connectivity index (χ2n) is 7.58. The molecule has 2 heterocycles. The van der Waals surface area contributed by atoms with Gasteiger partial charge < -0.3 is 5.32 Å². The van der Waals surface area contributed by atoms with Crippen molar-refractivity contribution in [3.8, 4) is 11.4 Å². The summed E-state index contributed by atoms with van der Waals surface area (Å²) in [6.07, 6.45) is 4.23. The molecule has 0 bridgehead atoms. The van der Waals surface area contributed by atoms with E-state index in [1.54, 1.807) is 12.4 Å². The van der Waals surface area contributed by atoms with Crippen LogP contribution in [0.1, 0.15) is 43.7 Å². The highest BCUT2D eigenvalue weighted by atomic mass is 32.2. The number of alkyl halides is 3. The third kappa shape index (κ3) is 5.12. The molecule has 1 aliphatic rings. The standard InChI is InChI=1S/C22H22F3N5OS/c23-22(24,25)17-8-4-5-9-18(17)27-19(31)14-32-21-29-28-20(15-10-12-26-13-11-15)30(21)16-6-2-1-3-7-16/h4-5,8-13,16H,1-3,6-7,14H2,(H,27,31). The van der Waals surface area contributed by atoms with Gasteiger partial charge in [-0.1, -0.05) is 43.2 Å². The predicted octanol–water partition coefficient (Wildman–Crippen LogP) is 5.59. The SMILES string of the molecule is O=C(CSc1nnc(-c2ccncc2)n1C1CCCCC1)Nc1ccccc1C(F)(F)F. The van der Waals surface area contributed by atoms with Crippen molar-refractivity contribution in [3.05, 3.63) is 54.4 Å². The number of halogens is 3. The second-order valence-corrected chi connectivity index (χ2v) is 8.53. The molecule has 1 aliphatic carbocycles. The van der Waals surface area contributed by atoms with E-state index in [0.29, 0.717) is 11.0 Å². The van der Waals surface area contributed by atoms with Gasteiger partial charge in [-0.15, -0.1) is 10.2 Å². The van der Waals surface area contributed by atoms with E-state index in [1.165, 1.54) is 36.4 Å². The van der Waals surface area contributed by atoms with Gasteiger partial charge in [-0.25, -0.2) is 0 Å². The Balaban J connectivity index is 1.52. The first-order valence-corrected chi connectivity index (χ1v) is 11.4. The van der Waals surface area contributed by atoms with Gasteiger partial charge in [0.15, 0.2) is 11.0 Å². The summed E-state index contributed by atoms with van der Waals surface area (Å²) >= 11 is 1.18. The molecule has 6 nitrogen and oxygen atoms in total. The second kappa shape index (κ2) is 9.72. The fraction of sp³-hybridized carbons (Fsp3) is 0.364.